The first-order chi connectivity index (χ1) is 42.1. The van der Waals surface area contributed by atoms with Crippen molar-refractivity contribution in [2.75, 3.05) is 60.4 Å². The normalized spacial score (nSPS) is 33.8. The summed E-state index contributed by atoms with van der Waals surface area (Å²) in [7, 11) is 11.2. The van der Waals surface area contributed by atoms with Gasteiger partial charge in [0.05, 0.1) is 94.2 Å². The fourth-order valence-electron chi connectivity index (χ4n) is 10.8. The van der Waals surface area contributed by atoms with Gasteiger partial charge in [-0.15, -0.1) is 0 Å². The molecule has 1 amide bonds. The molecule has 7 rings (SSSR count). The van der Waals surface area contributed by atoms with Gasteiger partial charge in [0.15, 0.2) is 48.4 Å². The van der Waals surface area contributed by atoms with Crippen LogP contribution in [0.2, 0.25) is 0 Å². The van der Waals surface area contributed by atoms with Crippen LogP contribution < -0.4 is 25.6 Å². The first-order valence-corrected chi connectivity index (χ1v) is 33.9. The number of alkyl carbamates (subject to hydrolysis) is 1. The molecule has 4 aliphatic heterocycles. The van der Waals surface area contributed by atoms with Crippen LogP contribution in [0.4, 0.5) is 10.5 Å². The standard InChI is InChI=1S/C60H82N4O20S4/c1-30(2)61-39-29-76-47(27-41(39)72-9)82-55-53(66)50(64-84-46-21-20-45(85-13)33(5)77-46)34(6)79-58(55)81-40-19-17-15-16-18-23-60(70)37(22-24-87-88-86-14)49(40)51(63-59(69)75-12)54(67)56(60)83-48-28-44(52(65)35(7)78-48)80-57(68)36-25-42(73-10)43(74-11)26-38(36)62-31(3)32(4)71-8/h15-16,22,25-26,30,33-35,39-41,44-48,50,52-53,55-56,58,61,64-66,70H,4,20-21,24,27-29H2,1-3,5-14H3,(H,63,69)/t33-,34+,35+,39+,40+,41+,44+,45+,46+,47+,48?,50-,52+,53+,55-,56-,58+,60-/m1/s1. The summed E-state index contributed by atoms with van der Waals surface area (Å²) in [6, 6.07) is 1.81. The van der Waals surface area contributed by atoms with E-state index in [1.165, 1.54) is 84.0 Å². The Morgan fingerprint density at radius 3 is 2.28 bits per heavy atom. The van der Waals surface area contributed by atoms with Gasteiger partial charge in [-0.3, -0.25) is 14.9 Å². The van der Waals surface area contributed by atoms with Crippen molar-refractivity contribution >= 4 is 72.4 Å². The number of benzene rings is 1. The third-order valence-electron chi connectivity index (χ3n) is 15.4. The van der Waals surface area contributed by atoms with Gasteiger partial charge in [0.25, 0.3) is 0 Å². The first-order valence-electron chi connectivity index (χ1n) is 28.6. The Hall–Kier alpha value is -4.38. The molecule has 0 spiro atoms. The maximum absolute atomic E-state index is 15.6. The van der Waals surface area contributed by atoms with Gasteiger partial charge in [0.1, 0.15) is 36.3 Å². The molecule has 4 heterocycles. The maximum atomic E-state index is 15.6. The number of Topliss-reactive ketones (excluding diaryl/α,β-unsaturated/α-hetero) is 1. The lowest BCUT2D eigenvalue weighted by Crippen LogP contribution is -2.65. The number of ketones is 1. The molecule has 88 heavy (non-hydrogen) atoms. The summed E-state index contributed by atoms with van der Waals surface area (Å²) in [5.74, 6) is 10.4. The number of thioether (sulfide) groups is 1. The van der Waals surface area contributed by atoms with Gasteiger partial charge in [-0.1, -0.05) is 71.8 Å². The van der Waals surface area contributed by atoms with Gasteiger partial charge >= 0.3 is 12.1 Å². The summed E-state index contributed by atoms with van der Waals surface area (Å²) in [5, 5.41) is 43.9. The molecule has 24 nitrogen and oxygen atoms in total. The van der Waals surface area contributed by atoms with Gasteiger partial charge in [-0.2, -0.15) is 17.2 Å². The topological polar surface area (TPSA) is 290 Å². The molecule has 0 radical (unpaired) electrons. The van der Waals surface area contributed by atoms with Crippen molar-refractivity contribution < 1.29 is 96.1 Å². The number of hydrogen-bond donors (Lipinski definition) is 6. The lowest BCUT2D eigenvalue weighted by atomic mass is 9.73. The lowest BCUT2D eigenvalue weighted by molar-refractivity contribution is -0.335. The predicted molar refractivity (Wildman–Crippen MR) is 333 cm³/mol. The second kappa shape index (κ2) is 33.3. The van der Waals surface area contributed by atoms with Crippen molar-refractivity contribution in [1.82, 2.24) is 16.1 Å². The molecule has 2 aliphatic carbocycles. The van der Waals surface area contributed by atoms with E-state index in [1.807, 2.05) is 33.3 Å². The highest BCUT2D eigenvalue weighted by Crippen LogP contribution is 2.44. The van der Waals surface area contributed by atoms with E-state index >= 15 is 4.79 Å². The van der Waals surface area contributed by atoms with Crippen LogP contribution >= 0.6 is 43.2 Å². The minimum absolute atomic E-state index is 0.0813. The maximum Gasteiger partial charge on any atom is 0.411 e. The predicted octanol–water partition coefficient (Wildman–Crippen LogP) is 5.60. The largest absolute Gasteiger partial charge is 0.495 e. The molecule has 4 fully saturated rings. The number of aliphatic hydroxyl groups is 3. The Labute approximate surface area is 530 Å². The van der Waals surface area contributed by atoms with Crippen molar-refractivity contribution in [2.24, 2.45) is 4.99 Å². The number of hydrogen-bond acceptors (Lipinski definition) is 27. The van der Waals surface area contributed by atoms with Crippen LogP contribution in [-0.4, -0.2) is 214 Å². The quantitative estimate of drug-likeness (QED) is 0.0132. The molecule has 1 aromatic rings. The van der Waals surface area contributed by atoms with E-state index in [1.54, 1.807) is 38.8 Å². The van der Waals surface area contributed by atoms with Crippen LogP contribution in [0.3, 0.4) is 0 Å². The Balaban J connectivity index is 1.27. The van der Waals surface area contributed by atoms with E-state index in [4.69, 9.17) is 66.4 Å². The second-order valence-electron chi connectivity index (χ2n) is 21.5. The summed E-state index contributed by atoms with van der Waals surface area (Å²) in [5.41, 5.74) is 0.00119. The number of ether oxygens (including phenoxy) is 13. The Morgan fingerprint density at radius 2 is 1.61 bits per heavy atom. The zero-order chi connectivity index (χ0) is 64.0. The molecule has 28 heteroatoms. The van der Waals surface area contributed by atoms with Crippen molar-refractivity contribution in [1.29, 1.82) is 0 Å². The minimum atomic E-state index is -2.61. The number of amides is 1. The summed E-state index contributed by atoms with van der Waals surface area (Å²) >= 11 is 1.72. The van der Waals surface area contributed by atoms with Gasteiger partial charge in [0, 0.05) is 66.7 Å². The average molecular weight is 1310 g/mol. The van der Waals surface area contributed by atoms with Crippen LogP contribution in [0.15, 0.2) is 64.5 Å². The zero-order valence-electron chi connectivity index (χ0n) is 51.6. The molecule has 1 unspecified atom stereocenters. The van der Waals surface area contributed by atoms with Crippen LogP contribution in [0.25, 0.3) is 0 Å². The fourth-order valence-corrected chi connectivity index (χ4v) is 14.0. The van der Waals surface area contributed by atoms with Crippen molar-refractivity contribution in [3.8, 4) is 35.2 Å². The number of aliphatic imine (C=N–C) groups is 1. The van der Waals surface area contributed by atoms with Crippen molar-refractivity contribution in [2.45, 2.75) is 182 Å². The van der Waals surface area contributed by atoms with Crippen molar-refractivity contribution in [3.63, 3.8) is 0 Å². The number of fused-ring (bicyclic) bond motifs is 2. The van der Waals surface area contributed by atoms with E-state index in [9.17, 15) is 24.9 Å². The summed E-state index contributed by atoms with van der Waals surface area (Å²) in [6.07, 6.45) is -7.99. The smallest absolute Gasteiger partial charge is 0.411 e. The highest BCUT2D eigenvalue weighted by atomic mass is 33.5. The van der Waals surface area contributed by atoms with Gasteiger partial charge < -0.3 is 82.2 Å². The molecule has 6 aliphatic rings. The van der Waals surface area contributed by atoms with E-state index in [-0.39, 0.29) is 88.0 Å². The van der Waals surface area contributed by atoms with Crippen LogP contribution in [0.1, 0.15) is 77.6 Å². The SMILES string of the molecule is C=C(OC)C(C)=Nc1cc(OC)c(OC)cc1C(=O)O[C@H]1CC(O[C@@H]2C(=O)C(NC(=O)OC)=C3C(=CCSSSC)[C@]2(O)C#CC=CC#C[C@@H]3O[C@@H]2O[C@@H](C)[C@@H](NO[C@H]3CC[C@H](SC)[C@@H](C)O3)[C@H](O)[C@H]2O[C@H]2C[C@H](OC)[C@@H](NC(C)C)CO2)O[C@@H](C)[C@@H]1O. The number of nitrogens with zero attached hydrogens (tertiary/aromatic N) is 1. The van der Waals surface area contributed by atoms with Crippen LogP contribution in [0, 0.1) is 23.7 Å². The number of nitrogens with one attached hydrogen (secondary N) is 3. The monoisotopic (exact) mass is 1310 g/mol. The van der Waals surface area contributed by atoms with E-state index < -0.39 is 116 Å². The molecular formula is C60H82N4O20S4. The number of carbonyl (C=O) groups excluding carboxylic acids is 3. The molecule has 1 aromatic carbocycles. The summed E-state index contributed by atoms with van der Waals surface area (Å²) in [6.45, 7) is 14.9. The zero-order valence-corrected chi connectivity index (χ0v) is 54.9. The third kappa shape index (κ3) is 17.4. The fraction of sp³-hybridized carbons (Fsp3) is 0.633. The van der Waals surface area contributed by atoms with Crippen LogP contribution in [-0.2, 0) is 61.7 Å². The van der Waals surface area contributed by atoms with Gasteiger partial charge in [-0.25, -0.2) is 14.6 Å². The number of aliphatic hydroxyl groups excluding tert-OH is 2. The Bertz CT molecular complexity index is 2880. The minimum Gasteiger partial charge on any atom is -0.495 e. The molecule has 4 saturated heterocycles. The van der Waals surface area contributed by atoms with E-state index in [2.05, 4.69) is 51.4 Å². The second-order valence-corrected chi connectivity index (χ2v) is 26.9. The molecule has 0 saturated carbocycles. The number of methoxy groups -OCH3 is 5. The molecule has 0 aromatic heterocycles. The number of esters is 1. The highest BCUT2D eigenvalue weighted by molar-refractivity contribution is 9.09. The molecule has 486 valence electrons. The number of allylic oxidation sites excluding steroid dienone is 3. The van der Waals surface area contributed by atoms with Gasteiger partial charge in [-0.05, 0) is 68.6 Å². The summed E-state index contributed by atoms with van der Waals surface area (Å²) < 4.78 is 78.8. The highest BCUT2D eigenvalue weighted by Gasteiger charge is 2.57. The number of rotatable bonds is 25. The Morgan fingerprint density at radius 1 is 0.898 bits per heavy atom. The number of hydroxylamine groups is 1. The molecular weight excluding hydrogens is 1220 g/mol. The third-order valence-corrected chi connectivity index (χ3v) is 20.3. The average Bonchev–Trinajstić information content (AvgIpc) is 1.03. The molecule has 18 atom stereocenters. The molecule has 2 bridgehead atoms. The van der Waals surface area contributed by atoms with Gasteiger partial charge in [0.2, 0.25) is 5.78 Å². The Kier molecular flexibility index (Phi) is 26.9. The van der Waals surface area contributed by atoms with Crippen LogP contribution in [0.5, 0.6) is 11.5 Å². The van der Waals surface area contributed by atoms with Crippen molar-refractivity contribution in [3.05, 3.63) is 65.1 Å². The lowest BCUT2D eigenvalue weighted by Gasteiger charge is -2.47. The molecule has 6 N–H and O–H groups in total. The van der Waals surface area contributed by atoms with E-state index in [0.29, 0.717) is 12.1 Å². The number of carbonyl (C=O) groups is 3. The summed E-state index contributed by atoms with van der Waals surface area (Å²) in [4.78, 5) is 54.3. The van der Waals surface area contributed by atoms with E-state index in [0.717, 1.165) is 13.5 Å². The first kappa shape index (κ1) is 71.1.